The van der Waals surface area contributed by atoms with Crippen molar-refractivity contribution in [1.82, 2.24) is 9.97 Å². The third-order valence-electron chi connectivity index (χ3n) is 0.982. The molecule has 0 spiro atoms. The quantitative estimate of drug-likeness (QED) is 0.481. The summed E-state index contributed by atoms with van der Waals surface area (Å²) in [5.74, 6) is -1.10. The summed E-state index contributed by atoms with van der Waals surface area (Å²) in [5, 5.41) is 0. The molecule has 0 amide bonds. The highest BCUT2D eigenvalue weighted by molar-refractivity contribution is 5.12. The Balaban J connectivity index is 2.90. The highest BCUT2D eigenvalue weighted by Crippen LogP contribution is 2.11. The first-order chi connectivity index (χ1) is 5.24. The van der Waals surface area contributed by atoms with Gasteiger partial charge < -0.3 is 4.74 Å². The second-order valence-electron chi connectivity index (χ2n) is 1.73. The third-order valence-corrected chi connectivity index (χ3v) is 0.982. The Hall–Kier alpha value is -1.26. The van der Waals surface area contributed by atoms with Gasteiger partial charge in [0, 0.05) is 0 Å². The Kier molecular flexibility index (Phi) is 2.30. The largest absolute Gasteiger partial charge is 0.488 e. The SMILES string of the molecule is CCOc1cnc(F)nc1F. The summed E-state index contributed by atoms with van der Waals surface area (Å²) in [5.41, 5.74) is 0. The molecule has 60 valence electrons. The Bertz CT molecular complexity index is 254. The number of hydrogen-bond donors (Lipinski definition) is 0. The van der Waals surface area contributed by atoms with Crippen LogP contribution in [0.15, 0.2) is 6.20 Å². The van der Waals surface area contributed by atoms with Gasteiger partial charge in [-0.25, -0.2) is 4.98 Å². The first kappa shape index (κ1) is 7.84. The summed E-state index contributed by atoms with van der Waals surface area (Å²) in [6.07, 6.45) is -0.132. The molecule has 1 aromatic rings. The Labute approximate surface area is 62.0 Å². The van der Waals surface area contributed by atoms with Crippen molar-refractivity contribution >= 4 is 0 Å². The van der Waals surface area contributed by atoms with Crippen LogP contribution in [0.1, 0.15) is 6.92 Å². The fourth-order valence-electron chi connectivity index (χ4n) is 0.582. The Morgan fingerprint density at radius 3 is 2.82 bits per heavy atom. The molecule has 1 rings (SSSR count). The van der Waals surface area contributed by atoms with Gasteiger partial charge in [0.25, 0.3) is 5.95 Å². The summed E-state index contributed by atoms with van der Waals surface area (Å²) in [4.78, 5) is 5.94. The molecule has 1 aromatic heterocycles. The van der Waals surface area contributed by atoms with Crippen molar-refractivity contribution in [3.05, 3.63) is 18.2 Å². The van der Waals surface area contributed by atoms with Gasteiger partial charge in [-0.2, -0.15) is 13.8 Å². The molecule has 0 aliphatic carbocycles. The maximum Gasteiger partial charge on any atom is 0.311 e. The zero-order valence-corrected chi connectivity index (χ0v) is 5.84. The normalized spacial score (nSPS) is 9.73. The van der Waals surface area contributed by atoms with E-state index in [0.29, 0.717) is 6.61 Å². The lowest BCUT2D eigenvalue weighted by Crippen LogP contribution is -1.99. The minimum Gasteiger partial charge on any atom is -0.488 e. The topological polar surface area (TPSA) is 35.0 Å². The van der Waals surface area contributed by atoms with Gasteiger partial charge in [0.05, 0.1) is 12.8 Å². The highest BCUT2D eigenvalue weighted by atomic mass is 19.1. The van der Waals surface area contributed by atoms with Crippen LogP contribution >= 0.6 is 0 Å². The average Bonchev–Trinajstić information content (AvgIpc) is 1.95. The van der Waals surface area contributed by atoms with Gasteiger partial charge in [0.1, 0.15) is 0 Å². The summed E-state index contributed by atoms with van der Waals surface area (Å²) < 4.78 is 29.3. The van der Waals surface area contributed by atoms with Crippen LogP contribution in [-0.4, -0.2) is 16.6 Å². The molecule has 0 aliphatic heterocycles. The van der Waals surface area contributed by atoms with Crippen molar-refractivity contribution in [3.8, 4) is 5.75 Å². The number of halogens is 2. The fraction of sp³-hybridized carbons (Fsp3) is 0.333. The van der Waals surface area contributed by atoms with E-state index in [-0.39, 0.29) is 5.75 Å². The zero-order valence-electron chi connectivity index (χ0n) is 5.84. The van der Waals surface area contributed by atoms with Gasteiger partial charge in [0.15, 0.2) is 5.75 Å². The summed E-state index contributed by atoms with van der Waals surface area (Å²) in [6, 6.07) is 0. The van der Waals surface area contributed by atoms with E-state index in [1.54, 1.807) is 6.92 Å². The Morgan fingerprint density at radius 2 is 2.27 bits per heavy atom. The molecule has 0 radical (unpaired) electrons. The monoisotopic (exact) mass is 160 g/mol. The van der Waals surface area contributed by atoms with E-state index in [4.69, 9.17) is 4.74 Å². The molecular formula is C6H6F2N2O. The standard InChI is InChI=1S/C6H6F2N2O/c1-2-11-4-3-9-6(8)10-5(4)7/h3H,2H2,1H3. The molecule has 0 atom stereocenters. The molecule has 1 heterocycles. The zero-order chi connectivity index (χ0) is 8.27. The summed E-state index contributed by atoms with van der Waals surface area (Å²) >= 11 is 0. The van der Waals surface area contributed by atoms with Crippen LogP contribution in [0.2, 0.25) is 0 Å². The molecule has 0 saturated carbocycles. The van der Waals surface area contributed by atoms with Crippen molar-refractivity contribution in [1.29, 1.82) is 0 Å². The van der Waals surface area contributed by atoms with Gasteiger partial charge >= 0.3 is 6.08 Å². The van der Waals surface area contributed by atoms with E-state index in [9.17, 15) is 8.78 Å². The maximum absolute atomic E-state index is 12.5. The molecule has 0 N–H and O–H groups in total. The van der Waals surface area contributed by atoms with E-state index in [1.807, 2.05) is 0 Å². The molecule has 0 unspecified atom stereocenters. The van der Waals surface area contributed by atoms with Gasteiger partial charge in [-0.3, -0.25) is 0 Å². The van der Waals surface area contributed by atoms with Crippen LogP contribution in [0, 0.1) is 12.0 Å². The fourth-order valence-corrected chi connectivity index (χ4v) is 0.582. The number of ether oxygens (including phenoxy) is 1. The molecule has 11 heavy (non-hydrogen) atoms. The predicted molar refractivity (Wildman–Crippen MR) is 33.1 cm³/mol. The number of rotatable bonds is 2. The summed E-state index contributed by atoms with van der Waals surface area (Å²) in [6.45, 7) is 1.98. The Morgan fingerprint density at radius 1 is 1.55 bits per heavy atom. The number of aromatic nitrogens is 2. The molecule has 0 aliphatic rings. The lowest BCUT2D eigenvalue weighted by atomic mass is 10.6. The predicted octanol–water partition coefficient (Wildman–Crippen LogP) is 1.15. The van der Waals surface area contributed by atoms with Crippen LogP contribution in [-0.2, 0) is 0 Å². The molecule has 0 saturated heterocycles. The first-order valence-electron chi connectivity index (χ1n) is 3.05. The molecular weight excluding hydrogens is 154 g/mol. The smallest absolute Gasteiger partial charge is 0.311 e. The molecule has 3 nitrogen and oxygen atoms in total. The van der Waals surface area contributed by atoms with Gasteiger partial charge in [-0.05, 0) is 6.92 Å². The molecule has 0 bridgehead atoms. The lowest BCUT2D eigenvalue weighted by molar-refractivity contribution is 0.308. The molecule has 5 heteroatoms. The second kappa shape index (κ2) is 3.23. The van der Waals surface area contributed by atoms with Crippen molar-refractivity contribution < 1.29 is 13.5 Å². The van der Waals surface area contributed by atoms with Crippen molar-refractivity contribution in [2.24, 2.45) is 0 Å². The van der Waals surface area contributed by atoms with E-state index in [1.165, 1.54) is 0 Å². The van der Waals surface area contributed by atoms with Gasteiger partial charge in [-0.1, -0.05) is 0 Å². The molecule has 0 fully saturated rings. The van der Waals surface area contributed by atoms with Gasteiger partial charge in [-0.15, -0.1) is 0 Å². The summed E-state index contributed by atoms with van der Waals surface area (Å²) in [7, 11) is 0. The highest BCUT2D eigenvalue weighted by Gasteiger charge is 2.05. The van der Waals surface area contributed by atoms with E-state index in [0.717, 1.165) is 6.20 Å². The van der Waals surface area contributed by atoms with E-state index in [2.05, 4.69) is 9.97 Å². The van der Waals surface area contributed by atoms with Crippen molar-refractivity contribution in [2.45, 2.75) is 6.92 Å². The molecule has 0 aromatic carbocycles. The van der Waals surface area contributed by atoms with Crippen LogP contribution in [0.25, 0.3) is 0 Å². The van der Waals surface area contributed by atoms with Crippen molar-refractivity contribution in [3.63, 3.8) is 0 Å². The minimum absolute atomic E-state index is 0.131. The first-order valence-corrected chi connectivity index (χ1v) is 3.05. The van der Waals surface area contributed by atoms with Gasteiger partial charge in [0.2, 0.25) is 0 Å². The average molecular weight is 160 g/mol. The minimum atomic E-state index is -1.09. The van der Waals surface area contributed by atoms with Crippen molar-refractivity contribution in [2.75, 3.05) is 6.61 Å². The van der Waals surface area contributed by atoms with Crippen LogP contribution < -0.4 is 4.74 Å². The maximum atomic E-state index is 12.5. The number of hydrogen-bond acceptors (Lipinski definition) is 3. The van der Waals surface area contributed by atoms with E-state index >= 15 is 0 Å². The lowest BCUT2D eigenvalue weighted by Gasteiger charge is -2.00. The second-order valence-corrected chi connectivity index (χ2v) is 1.73. The third kappa shape index (κ3) is 1.83. The van der Waals surface area contributed by atoms with Crippen LogP contribution in [0.4, 0.5) is 8.78 Å². The van der Waals surface area contributed by atoms with E-state index < -0.39 is 12.0 Å². The number of nitrogens with zero attached hydrogens (tertiary/aromatic N) is 2. The van der Waals surface area contributed by atoms with Crippen LogP contribution in [0.3, 0.4) is 0 Å². The van der Waals surface area contributed by atoms with Crippen LogP contribution in [0.5, 0.6) is 5.75 Å².